The molecule has 0 unspecified atom stereocenters. The summed E-state index contributed by atoms with van der Waals surface area (Å²) in [5, 5.41) is 0. The van der Waals surface area contributed by atoms with Crippen LogP contribution in [0.1, 0.15) is 46.5 Å². The van der Waals surface area contributed by atoms with E-state index in [4.69, 9.17) is 9.47 Å². The number of likely N-dealkylation sites (tertiary alicyclic amines) is 1. The van der Waals surface area contributed by atoms with E-state index in [1.165, 1.54) is 44.3 Å². The maximum atomic E-state index is 6.18. The van der Waals surface area contributed by atoms with E-state index in [9.17, 15) is 0 Å². The van der Waals surface area contributed by atoms with Crippen LogP contribution >= 0.6 is 0 Å². The molecule has 1 aliphatic carbocycles. The van der Waals surface area contributed by atoms with Gasteiger partial charge in [-0.3, -0.25) is 0 Å². The molecule has 2 heterocycles. The Bertz CT molecular complexity index is 379. The van der Waals surface area contributed by atoms with E-state index in [-0.39, 0.29) is 11.7 Å². The summed E-state index contributed by atoms with van der Waals surface area (Å²) in [5.41, 5.74) is 1.73. The maximum absolute atomic E-state index is 6.18. The third kappa shape index (κ3) is 3.20. The van der Waals surface area contributed by atoms with Gasteiger partial charge in [-0.25, -0.2) is 0 Å². The highest BCUT2D eigenvalue weighted by Gasteiger charge is 2.47. The minimum Gasteiger partial charge on any atom is -0.347 e. The standard InChI is InChI=1S/C18H31NO2/c1-14-9-15(2)18(16(3)10-14)12-20-17(21-13-18)11-19-7-5-4-6-8-19/h9,15-17H,4-8,10-13H2,1-3H3/p+1/t15-,16-,17?,18?/m0/s1. The first-order chi connectivity index (χ1) is 10.1. The summed E-state index contributed by atoms with van der Waals surface area (Å²) >= 11 is 0. The number of hydrogen-bond donors (Lipinski definition) is 1. The van der Waals surface area contributed by atoms with Crippen LogP contribution in [0.2, 0.25) is 0 Å². The molecule has 0 aromatic heterocycles. The van der Waals surface area contributed by atoms with E-state index in [0.717, 1.165) is 19.8 Å². The van der Waals surface area contributed by atoms with Gasteiger partial charge in [-0.1, -0.05) is 25.5 Å². The van der Waals surface area contributed by atoms with Crippen LogP contribution in [0.3, 0.4) is 0 Å². The van der Waals surface area contributed by atoms with Gasteiger partial charge in [0.25, 0.3) is 0 Å². The number of ether oxygens (including phenoxy) is 2. The number of piperidine rings is 1. The number of allylic oxidation sites excluding steroid dienone is 2. The second-order valence-electron chi connectivity index (χ2n) is 7.71. The number of hydrogen-bond acceptors (Lipinski definition) is 2. The summed E-state index contributed by atoms with van der Waals surface area (Å²) < 4.78 is 12.4. The number of rotatable bonds is 2. The molecule has 2 atom stereocenters. The van der Waals surface area contributed by atoms with E-state index in [0.29, 0.717) is 11.8 Å². The van der Waals surface area contributed by atoms with Crippen LogP contribution in [-0.4, -0.2) is 39.1 Å². The highest BCUT2D eigenvalue weighted by Crippen LogP contribution is 2.46. The maximum Gasteiger partial charge on any atom is 0.207 e. The SMILES string of the molecule is CC1=C[C@H](C)C2(COC(C[NH+]3CCCCC3)OC2)[C@@H](C)C1. The lowest BCUT2D eigenvalue weighted by Gasteiger charge is -2.49. The molecular weight excluding hydrogens is 262 g/mol. The van der Waals surface area contributed by atoms with Crippen molar-refractivity contribution >= 4 is 0 Å². The largest absolute Gasteiger partial charge is 0.347 e. The van der Waals surface area contributed by atoms with E-state index in [1.807, 2.05) is 0 Å². The monoisotopic (exact) mass is 294 g/mol. The molecule has 1 spiro atoms. The minimum absolute atomic E-state index is 0.0233. The van der Waals surface area contributed by atoms with Crippen LogP contribution in [0, 0.1) is 17.3 Å². The van der Waals surface area contributed by atoms with Crippen molar-refractivity contribution in [2.45, 2.75) is 52.7 Å². The quantitative estimate of drug-likeness (QED) is 0.788. The Morgan fingerprint density at radius 3 is 2.43 bits per heavy atom. The van der Waals surface area contributed by atoms with Gasteiger partial charge in [0, 0.05) is 5.41 Å². The molecule has 3 nitrogen and oxygen atoms in total. The molecule has 3 aliphatic rings. The summed E-state index contributed by atoms with van der Waals surface area (Å²) in [6, 6.07) is 0. The van der Waals surface area contributed by atoms with Crippen molar-refractivity contribution in [3.63, 3.8) is 0 Å². The number of quaternary nitrogens is 1. The molecule has 0 aromatic carbocycles. The lowest BCUT2D eigenvalue weighted by atomic mass is 9.63. The molecule has 2 saturated heterocycles. The summed E-state index contributed by atoms with van der Waals surface area (Å²) in [6.45, 7) is 12.3. The predicted molar refractivity (Wildman–Crippen MR) is 84.2 cm³/mol. The van der Waals surface area contributed by atoms with Gasteiger partial charge >= 0.3 is 0 Å². The molecule has 21 heavy (non-hydrogen) atoms. The topological polar surface area (TPSA) is 22.9 Å². The highest BCUT2D eigenvalue weighted by molar-refractivity contribution is 5.13. The second kappa shape index (κ2) is 6.39. The van der Waals surface area contributed by atoms with Crippen molar-refractivity contribution in [3.05, 3.63) is 11.6 Å². The first-order valence-electron chi connectivity index (χ1n) is 8.84. The zero-order valence-corrected chi connectivity index (χ0v) is 14.0. The molecule has 3 heteroatoms. The summed E-state index contributed by atoms with van der Waals surface area (Å²) in [5.74, 6) is 1.21. The zero-order valence-electron chi connectivity index (χ0n) is 14.0. The first-order valence-corrected chi connectivity index (χ1v) is 8.84. The van der Waals surface area contributed by atoms with Gasteiger partial charge < -0.3 is 14.4 Å². The Labute approximate surface area is 129 Å². The molecule has 120 valence electrons. The number of nitrogens with one attached hydrogen (secondary N) is 1. The normalized spacial score (nSPS) is 42.0. The Hall–Kier alpha value is -0.380. The Balaban J connectivity index is 1.56. The average Bonchev–Trinajstić information content (AvgIpc) is 2.47. The third-order valence-electron chi connectivity index (χ3n) is 6.14. The zero-order chi connectivity index (χ0) is 14.9. The molecule has 0 amide bonds. The van der Waals surface area contributed by atoms with Crippen LogP contribution < -0.4 is 4.90 Å². The van der Waals surface area contributed by atoms with E-state index in [2.05, 4.69) is 26.8 Å². The fourth-order valence-electron chi connectivity index (χ4n) is 4.54. The molecule has 0 radical (unpaired) electrons. The van der Waals surface area contributed by atoms with Crippen molar-refractivity contribution in [3.8, 4) is 0 Å². The van der Waals surface area contributed by atoms with Crippen LogP contribution in [0.15, 0.2) is 11.6 Å². The van der Waals surface area contributed by atoms with Gasteiger partial charge in [-0.15, -0.1) is 0 Å². The summed E-state index contributed by atoms with van der Waals surface area (Å²) in [6.07, 6.45) is 7.78. The molecular formula is C18H32NO2+. The molecule has 0 aromatic rings. The molecule has 0 bridgehead atoms. The van der Waals surface area contributed by atoms with Crippen molar-refractivity contribution in [2.75, 3.05) is 32.8 Å². The lowest BCUT2D eigenvalue weighted by molar-refractivity contribution is -0.911. The average molecular weight is 294 g/mol. The van der Waals surface area contributed by atoms with Crippen LogP contribution in [0.4, 0.5) is 0 Å². The van der Waals surface area contributed by atoms with E-state index < -0.39 is 0 Å². The lowest BCUT2D eigenvalue weighted by Crippen LogP contribution is -3.14. The molecule has 2 aliphatic heterocycles. The van der Waals surface area contributed by atoms with Crippen LogP contribution in [0.5, 0.6) is 0 Å². The Kier molecular flexibility index (Phi) is 4.72. The van der Waals surface area contributed by atoms with Gasteiger partial charge in [-0.2, -0.15) is 0 Å². The molecule has 2 fully saturated rings. The van der Waals surface area contributed by atoms with Gasteiger partial charge in [0.15, 0.2) is 0 Å². The fraction of sp³-hybridized carbons (Fsp3) is 0.889. The van der Waals surface area contributed by atoms with Crippen molar-refractivity contribution in [1.29, 1.82) is 0 Å². The van der Waals surface area contributed by atoms with Gasteiger partial charge in [0.2, 0.25) is 6.29 Å². The smallest absolute Gasteiger partial charge is 0.207 e. The van der Waals surface area contributed by atoms with E-state index >= 15 is 0 Å². The van der Waals surface area contributed by atoms with Crippen molar-refractivity contribution < 1.29 is 14.4 Å². The summed E-state index contributed by atoms with van der Waals surface area (Å²) in [4.78, 5) is 1.67. The first kappa shape index (κ1) is 15.5. The summed E-state index contributed by atoms with van der Waals surface area (Å²) in [7, 11) is 0. The minimum atomic E-state index is 0.0233. The van der Waals surface area contributed by atoms with Crippen molar-refractivity contribution in [1.82, 2.24) is 0 Å². The third-order valence-corrected chi connectivity index (χ3v) is 6.14. The molecule has 1 N–H and O–H groups in total. The second-order valence-corrected chi connectivity index (χ2v) is 7.71. The van der Waals surface area contributed by atoms with Gasteiger partial charge in [-0.05, 0) is 44.4 Å². The Morgan fingerprint density at radius 2 is 1.81 bits per heavy atom. The Morgan fingerprint density at radius 1 is 1.14 bits per heavy atom. The fourth-order valence-corrected chi connectivity index (χ4v) is 4.54. The van der Waals surface area contributed by atoms with E-state index in [1.54, 1.807) is 4.90 Å². The van der Waals surface area contributed by atoms with Crippen molar-refractivity contribution in [2.24, 2.45) is 17.3 Å². The van der Waals surface area contributed by atoms with Gasteiger partial charge in [0.05, 0.1) is 26.3 Å². The highest BCUT2D eigenvalue weighted by atomic mass is 16.7. The van der Waals surface area contributed by atoms with Crippen LogP contribution in [0.25, 0.3) is 0 Å². The molecule has 3 rings (SSSR count). The van der Waals surface area contributed by atoms with Gasteiger partial charge in [0.1, 0.15) is 6.54 Å². The predicted octanol–water partition coefficient (Wildman–Crippen LogP) is 2.04. The molecule has 0 saturated carbocycles. The van der Waals surface area contributed by atoms with Crippen LogP contribution in [-0.2, 0) is 9.47 Å².